The average molecular weight is 250 g/mol. The van der Waals surface area contributed by atoms with Crippen LogP contribution in [0.1, 0.15) is 30.4 Å². The predicted octanol–water partition coefficient (Wildman–Crippen LogP) is 3.56. The topological polar surface area (TPSA) is 26.0 Å². The molecular weight excluding hydrogens is 230 g/mol. The third-order valence-corrected chi connectivity index (χ3v) is 4.98. The molecule has 0 saturated heterocycles. The summed E-state index contributed by atoms with van der Waals surface area (Å²) in [6.07, 6.45) is 5.18. The standard InChI is InChI=1S/C15H20ClN/c1-9-5-6-10(13(16)7-9)8-14(17)15-11-3-2-4-12(11)15/h5-7,11-12,14-15H,2-4,8,17H2,1H3. The van der Waals surface area contributed by atoms with Crippen molar-refractivity contribution in [2.24, 2.45) is 23.5 Å². The van der Waals surface area contributed by atoms with Crippen LogP contribution in [0.2, 0.25) is 5.02 Å². The molecule has 0 spiro atoms. The van der Waals surface area contributed by atoms with Crippen molar-refractivity contribution in [2.45, 2.75) is 38.6 Å². The monoisotopic (exact) mass is 249 g/mol. The summed E-state index contributed by atoms with van der Waals surface area (Å²) in [6.45, 7) is 2.07. The predicted molar refractivity (Wildman–Crippen MR) is 72.2 cm³/mol. The van der Waals surface area contributed by atoms with Gasteiger partial charge in [-0.3, -0.25) is 0 Å². The van der Waals surface area contributed by atoms with Crippen LogP contribution in [-0.4, -0.2) is 6.04 Å². The Morgan fingerprint density at radius 3 is 2.71 bits per heavy atom. The highest BCUT2D eigenvalue weighted by Gasteiger charge is 2.54. The Balaban J connectivity index is 1.66. The summed E-state index contributed by atoms with van der Waals surface area (Å²) in [4.78, 5) is 0. The maximum Gasteiger partial charge on any atom is 0.0441 e. The quantitative estimate of drug-likeness (QED) is 0.871. The van der Waals surface area contributed by atoms with Crippen molar-refractivity contribution in [2.75, 3.05) is 0 Å². The Bertz CT molecular complexity index is 419. The van der Waals surface area contributed by atoms with E-state index in [1.807, 2.05) is 6.07 Å². The van der Waals surface area contributed by atoms with Crippen LogP contribution in [0.15, 0.2) is 18.2 Å². The van der Waals surface area contributed by atoms with E-state index in [4.69, 9.17) is 17.3 Å². The van der Waals surface area contributed by atoms with Gasteiger partial charge in [-0.2, -0.15) is 0 Å². The Morgan fingerprint density at radius 2 is 2.06 bits per heavy atom. The lowest BCUT2D eigenvalue weighted by molar-refractivity contribution is 0.484. The third-order valence-electron chi connectivity index (χ3n) is 4.63. The molecule has 0 aromatic heterocycles. The van der Waals surface area contributed by atoms with Crippen molar-refractivity contribution in [3.05, 3.63) is 34.3 Å². The molecule has 2 aliphatic rings. The molecule has 1 aromatic carbocycles. The fourth-order valence-electron chi connectivity index (χ4n) is 3.72. The zero-order chi connectivity index (χ0) is 12.0. The fourth-order valence-corrected chi connectivity index (χ4v) is 4.03. The fraction of sp³-hybridized carbons (Fsp3) is 0.600. The van der Waals surface area contributed by atoms with E-state index in [0.717, 1.165) is 29.2 Å². The molecule has 3 unspecified atom stereocenters. The van der Waals surface area contributed by atoms with E-state index in [0.29, 0.717) is 6.04 Å². The molecule has 17 heavy (non-hydrogen) atoms. The van der Waals surface area contributed by atoms with Crippen LogP contribution < -0.4 is 5.73 Å². The number of nitrogens with two attached hydrogens (primary N) is 1. The molecule has 2 fully saturated rings. The molecule has 1 aromatic rings. The lowest BCUT2D eigenvalue weighted by Crippen LogP contribution is -2.27. The summed E-state index contributed by atoms with van der Waals surface area (Å²) in [5.74, 6) is 2.66. The number of benzene rings is 1. The lowest BCUT2D eigenvalue weighted by atomic mass is 9.97. The van der Waals surface area contributed by atoms with E-state index in [1.165, 1.54) is 30.4 Å². The van der Waals surface area contributed by atoms with Gasteiger partial charge in [-0.25, -0.2) is 0 Å². The van der Waals surface area contributed by atoms with Crippen molar-refractivity contribution in [3.63, 3.8) is 0 Å². The van der Waals surface area contributed by atoms with Crippen LogP contribution in [0.5, 0.6) is 0 Å². The van der Waals surface area contributed by atoms with Gasteiger partial charge in [0.15, 0.2) is 0 Å². The number of hydrogen-bond acceptors (Lipinski definition) is 1. The molecule has 1 nitrogen and oxygen atoms in total. The smallest absolute Gasteiger partial charge is 0.0441 e. The molecule has 2 saturated carbocycles. The molecule has 2 N–H and O–H groups in total. The van der Waals surface area contributed by atoms with E-state index < -0.39 is 0 Å². The summed E-state index contributed by atoms with van der Waals surface area (Å²) in [6, 6.07) is 6.61. The number of rotatable bonds is 3. The van der Waals surface area contributed by atoms with E-state index in [9.17, 15) is 0 Å². The molecule has 3 rings (SSSR count). The van der Waals surface area contributed by atoms with Gasteiger partial charge in [-0.05, 0) is 61.1 Å². The van der Waals surface area contributed by atoms with Crippen molar-refractivity contribution in [1.29, 1.82) is 0 Å². The lowest BCUT2D eigenvalue weighted by Gasteiger charge is -2.15. The molecule has 0 amide bonds. The molecule has 2 heteroatoms. The van der Waals surface area contributed by atoms with Crippen molar-refractivity contribution in [1.82, 2.24) is 0 Å². The highest BCUT2D eigenvalue weighted by molar-refractivity contribution is 6.31. The minimum Gasteiger partial charge on any atom is -0.327 e. The maximum absolute atomic E-state index is 6.35. The third kappa shape index (κ3) is 2.11. The van der Waals surface area contributed by atoms with Gasteiger partial charge in [-0.15, -0.1) is 0 Å². The number of hydrogen-bond donors (Lipinski definition) is 1. The number of halogens is 1. The van der Waals surface area contributed by atoms with E-state index >= 15 is 0 Å². The van der Waals surface area contributed by atoms with Crippen molar-refractivity contribution < 1.29 is 0 Å². The minimum atomic E-state index is 0.311. The first kappa shape index (κ1) is 11.6. The van der Waals surface area contributed by atoms with Crippen LogP contribution in [0.25, 0.3) is 0 Å². The van der Waals surface area contributed by atoms with Gasteiger partial charge in [0, 0.05) is 11.1 Å². The van der Waals surface area contributed by atoms with Gasteiger partial charge in [0.25, 0.3) is 0 Å². The SMILES string of the molecule is Cc1ccc(CC(N)C2C3CCCC32)c(Cl)c1. The highest BCUT2D eigenvalue weighted by Crippen LogP contribution is 2.58. The second-order valence-corrected chi connectivity index (χ2v) is 6.21. The van der Waals surface area contributed by atoms with Gasteiger partial charge < -0.3 is 5.73 Å². The Kier molecular flexibility index (Phi) is 2.92. The first-order valence-corrected chi connectivity index (χ1v) is 7.05. The molecule has 0 heterocycles. The summed E-state index contributed by atoms with van der Waals surface area (Å²) in [7, 11) is 0. The molecule has 0 aliphatic heterocycles. The average Bonchev–Trinajstić information content (AvgIpc) is 2.77. The molecule has 3 atom stereocenters. The first-order valence-electron chi connectivity index (χ1n) is 6.67. The van der Waals surface area contributed by atoms with Gasteiger partial charge in [0.2, 0.25) is 0 Å². The summed E-state index contributed by atoms with van der Waals surface area (Å²) < 4.78 is 0. The zero-order valence-corrected chi connectivity index (χ0v) is 11.1. The number of fused-ring (bicyclic) bond motifs is 1. The van der Waals surface area contributed by atoms with E-state index in [2.05, 4.69) is 19.1 Å². The summed E-state index contributed by atoms with van der Waals surface area (Å²) in [5.41, 5.74) is 8.79. The van der Waals surface area contributed by atoms with Gasteiger partial charge >= 0.3 is 0 Å². The van der Waals surface area contributed by atoms with Crippen molar-refractivity contribution >= 4 is 11.6 Å². The second kappa shape index (κ2) is 4.29. The molecule has 0 bridgehead atoms. The largest absolute Gasteiger partial charge is 0.327 e. The second-order valence-electron chi connectivity index (χ2n) is 5.80. The van der Waals surface area contributed by atoms with Gasteiger partial charge in [0.1, 0.15) is 0 Å². The zero-order valence-electron chi connectivity index (χ0n) is 10.3. The van der Waals surface area contributed by atoms with Crippen LogP contribution in [0.3, 0.4) is 0 Å². The number of aryl methyl sites for hydroxylation is 1. The minimum absolute atomic E-state index is 0.311. The Labute approximate surface area is 108 Å². The Hall–Kier alpha value is -0.530. The molecular formula is C15H20ClN. The van der Waals surface area contributed by atoms with Crippen molar-refractivity contribution in [3.8, 4) is 0 Å². The first-order chi connectivity index (χ1) is 8.16. The van der Waals surface area contributed by atoms with E-state index in [-0.39, 0.29) is 0 Å². The van der Waals surface area contributed by atoms with Crippen LogP contribution in [-0.2, 0) is 6.42 Å². The van der Waals surface area contributed by atoms with E-state index in [1.54, 1.807) is 0 Å². The molecule has 2 aliphatic carbocycles. The molecule has 92 valence electrons. The summed E-state index contributed by atoms with van der Waals surface area (Å²) in [5, 5.41) is 0.881. The van der Waals surface area contributed by atoms with Crippen LogP contribution >= 0.6 is 11.6 Å². The normalized spacial score (nSPS) is 32.3. The summed E-state index contributed by atoms with van der Waals surface area (Å²) >= 11 is 6.26. The molecule has 0 radical (unpaired) electrons. The van der Waals surface area contributed by atoms with Gasteiger partial charge in [0.05, 0.1) is 0 Å². The van der Waals surface area contributed by atoms with Crippen LogP contribution in [0, 0.1) is 24.7 Å². The highest BCUT2D eigenvalue weighted by atomic mass is 35.5. The Morgan fingerprint density at radius 1 is 1.35 bits per heavy atom. The maximum atomic E-state index is 6.35. The van der Waals surface area contributed by atoms with Gasteiger partial charge in [-0.1, -0.05) is 30.2 Å². The van der Waals surface area contributed by atoms with Crippen LogP contribution in [0.4, 0.5) is 0 Å².